The molecule has 0 N–H and O–H groups in total. The van der Waals surface area contributed by atoms with Crippen LogP contribution in [0.2, 0.25) is 0 Å². The van der Waals surface area contributed by atoms with Gasteiger partial charge in [-0.15, -0.1) is 0 Å². The lowest BCUT2D eigenvalue weighted by Gasteiger charge is -2.23. The Morgan fingerprint density at radius 2 is 1.48 bits per heavy atom. The van der Waals surface area contributed by atoms with E-state index in [1.54, 1.807) is 30.3 Å². The molecule has 2 aromatic carbocycles. The van der Waals surface area contributed by atoms with E-state index in [9.17, 15) is 13.2 Å². The number of hydrogen-bond donors (Lipinski definition) is 0. The molecule has 0 unspecified atom stereocenters. The molecule has 21 heavy (non-hydrogen) atoms. The molecule has 0 fully saturated rings. The molecule has 1 aliphatic rings. The summed E-state index contributed by atoms with van der Waals surface area (Å²) < 4.78 is 25.5. The molecule has 0 bridgehead atoms. The standard InChI is InChI=1S/C17H16O3S/c1-17(2,3)11-8-9-13-15(10-11)21(19,20)14-7-5-4-6-12(14)16(13)18/h4-10H,1-3H3. The molecular weight excluding hydrogens is 284 g/mol. The van der Waals surface area contributed by atoms with Gasteiger partial charge in [0.1, 0.15) is 0 Å². The van der Waals surface area contributed by atoms with Gasteiger partial charge in [-0.25, -0.2) is 8.42 Å². The summed E-state index contributed by atoms with van der Waals surface area (Å²) in [4.78, 5) is 12.7. The Bertz CT molecular complexity index is 856. The van der Waals surface area contributed by atoms with E-state index in [-0.39, 0.29) is 32.1 Å². The van der Waals surface area contributed by atoms with Gasteiger partial charge in [0.2, 0.25) is 9.84 Å². The van der Waals surface area contributed by atoms with Crippen molar-refractivity contribution in [3.63, 3.8) is 0 Å². The fourth-order valence-electron chi connectivity index (χ4n) is 2.55. The summed E-state index contributed by atoms with van der Waals surface area (Å²) in [6, 6.07) is 11.5. The first-order valence-electron chi connectivity index (χ1n) is 6.76. The molecule has 0 radical (unpaired) electrons. The Morgan fingerprint density at radius 3 is 2.14 bits per heavy atom. The summed E-state index contributed by atoms with van der Waals surface area (Å²) in [5, 5.41) is 0. The van der Waals surface area contributed by atoms with Gasteiger partial charge in [0.05, 0.1) is 9.79 Å². The van der Waals surface area contributed by atoms with E-state index in [1.165, 1.54) is 6.07 Å². The first-order valence-corrected chi connectivity index (χ1v) is 8.24. The lowest BCUT2D eigenvalue weighted by atomic mass is 9.86. The zero-order valence-corrected chi connectivity index (χ0v) is 13.0. The van der Waals surface area contributed by atoms with Crippen molar-refractivity contribution < 1.29 is 13.2 Å². The maximum absolute atomic E-state index is 12.8. The molecule has 108 valence electrons. The predicted octanol–water partition coefficient (Wildman–Crippen LogP) is 3.36. The van der Waals surface area contributed by atoms with Gasteiger partial charge in [0, 0.05) is 11.1 Å². The normalized spacial score (nSPS) is 16.2. The maximum Gasteiger partial charge on any atom is 0.208 e. The average Bonchev–Trinajstić information content (AvgIpc) is 2.44. The summed E-state index contributed by atoms with van der Waals surface area (Å²) in [7, 11) is -3.64. The van der Waals surface area contributed by atoms with Crippen LogP contribution in [0.3, 0.4) is 0 Å². The smallest absolute Gasteiger partial charge is 0.208 e. The zero-order valence-electron chi connectivity index (χ0n) is 12.2. The van der Waals surface area contributed by atoms with Crippen LogP contribution in [0.4, 0.5) is 0 Å². The summed E-state index contributed by atoms with van der Waals surface area (Å²) >= 11 is 0. The number of benzene rings is 2. The van der Waals surface area contributed by atoms with E-state index in [0.29, 0.717) is 0 Å². The first-order chi connectivity index (χ1) is 9.73. The Kier molecular flexibility index (Phi) is 2.85. The quantitative estimate of drug-likeness (QED) is 0.639. The Labute approximate surface area is 124 Å². The van der Waals surface area contributed by atoms with Crippen molar-refractivity contribution >= 4 is 15.6 Å². The number of carbonyl (C=O) groups excluding carboxylic acids is 1. The van der Waals surface area contributed by atoms with Crippen molar-refractivity contribution in [3.8, 4) is 0 Å². The van der Waals surface area contributed by atoms with Gasteiger partial charge in [0.15, 0.2) is 5.78 Å². The fraction of sp³-hybridized carbons (Fsp3) is 0.235. The monoisotopic (exact) mass is 300 g/mol. The minimum absolute atomic E-state index is 0.105. The maximum atomic E-state index is 12.8. The van der Waals surface area contributed by atoms with Gasteiger partial charge in [-0.1, -0.05) is 39.0 Å². The second-order valence-corrected chi connectivity index (χ2v) is 8.18. The van der Waals surface area contributed by atoms with Crippen LogP contribution < -0.4 is 0 Å². The van der Waals surface area contributed by atoms with Crippen molar-refractivity contribution in [2.24, 2.45) is 0 Å². The predicted molar refractivity (Wildman–Crippen MR) is 80.5 cm³/mol. The van der Waals surface area contributed by atoms with Crippen molar-refractivity contribution in [1.29, 1.82) is 0 Å². The average molecular weight is 300 g/mol. The zero-order chi connectivity index (χ0) is 15.4. The highest BCUT2D eigenvalue weighted by Crippen LogP contribution is 2.36. The van der Waals surface area contributed by atoms with Crippen LogP contribution in [0, 0.1) is 0 Å². The summed E-state index contributed by atoms with van der Waals surface area (Å²) in [6.07, 6.45) is 0. The molecule has 2 aromatic rings. The van der Waals surface area contributed by atoms with E-state index >= 15 is 0 Å². The van der Waals surface area contributed by atoms with Gasteiger partial charge in [-0.3, -0.25) is 4.79 Å². The van der Waals surface area contributed by atoms with Gasteiger partial charge >= 0.3 is 0 Å². The molecule has 0 amide bonds. The third-order valence-electron chi connectivity index (χ3n) is 3.80. The molecule has 0 aliphatic carbocycles. The van der Waals surface area contributed by atoms with Crippen LogP contribution in [0.1, 0.15) is 42.3 Å². The number of fused-ring (bicyclic) bond motifs is 2. The molecule has 4 heteroatoms. The molecule has 0 saturated heterocycles. The first kappa shape index (κ1) is 14.0. The summed E-state index contributed by atoms with van der Waals surface area (Å²) in [5.74, 6) is -0.226. The highest BCUT2D eigenvalue weighted by atomic mass is 32.2. The van der Waals surface area contributed by atoms with Gasteiger partial charge in [0.25, 0.3) is 0 Å². The Morgan fingerprint density at radius 1 is 0.857 bits per heavy atom. The molecule has 0 saturated carbocycles. The van der Waals surface area contributed by atoms with Crippen molar-refractivity contribution in [2.45, 2.75) is 36.0 Å². The van der Waals surface area contributed by atoms with Crippen LogP contribution in [0.15, 0.2) is 52.3 Å². The van der Waals surface area contributed by atoms with Crippen LogP contribution in [-0.2, 0) is 15.3 Å². The third kappa shape index (κ3) is 2.02. The second kappa shape index (κ2) is 4.28. The van der Waals surface area contributed by atoms with E-state index in [1.807, 2.05) is 26.8 Å². The molecule has 0 spiro atoms. The van der Waals surface area contributed by atoms with Gasteiger partial charge in [-0.05, 0) is 35.2 Å². The minimum Gasteiger partial charge on any atom is -0.289 e. The molecular formula is C17H16O3S. The van der Waals surface area contributed by atoms with E-state index in [2.05, 4.69) is 0 Å². The van der Waals surface area contributed by atoms with Crippen LogP contribution in [0.25, 0.3) is 0 Å². The van der Waals surface area contributed by atoms with Crippen molar-refractivity contribution in [3.05, 3.63) is 59.2 Å². The molecule has 1 aliphatic heterocycles. The summed E-state index contributed by atoms with van der Waals surface area (Å²) in [6.45, 7) is 6.04. The van der Waals surface area contributed by atoms with Crippen LogP contribution in [-0.4, -0.2) is 14.2 Å². The third-order valence-corrected chi connectivity index (χ3v) is 5.65. The van der Waals surface area contributed by atoms with E-state index < -0.39 is 9.84 Å². The second-order valence-electron chi connectivity index (χ2n) is 6.29. The minimum atomic E-state index is -3.64. The SMILES string of the molecule is CC(C)(C)c1ccc2c(c1)S(=O)(=O)c1ccccc1C2=O. The van der Waals surface area contributed by atoms with Crippen LogP contribution in [0.5, 0.6) is 0 Å². The fourth-order valence-corrected chi connectivity index (χ4v) is 4.23. The number of sulfone groups is 1. The molecule has 1 heterocycles. The van der Waals surface area contributed by atoms with E-state index in [4.69, 9.17) is 0 Å². The highest BCUT2D eigenvalue weighted by molar-refractivity contribution is 7.91. The van der Waals surface area contributed by atoms with Crippen molar-refractivity contribution in [2.75, 3.05) is 0 Å². The highest BCUT2D eigenvalue weighted by Gasteiger charge is 2.35. The molecule has 0 atom stereocenters. The molecule has 3 rings (SSSR count). The number of hydrogen-bond acceptors (Lipinski definition) is 3. The topological polar surface area (TPSA) is 51.2 Å². The molecule has 0 aromatic heterocycles. The number of carbonyl (C=O) groups is 1. The number of rotatable bonds is 0. The number of ketones is 1. The Hall–Kier alpha value is -1.94. The largest absolute Gasteiger partial charge is 0.289 e. The van der Waals surface area contributed by atoms with Crippen molar-refractivity contribution in [1.82, 2.24) is 0 Å². The summed E-state index contributed by atoms with van der Waals surface area (Å²) in [5.41, 5.74) is 1.25. The lowest BCUT2D eigenvalue weighted by molar-refractivity contribution is 0.103. The molecule has 3 nitrogen and oxygen atoms in total. The Balaban J connectivity index is 2.35. The van der Waals surface area contributed by atoms with Gasteiger partial charge in [-0.2, -0.15) is 0 Å². The van der Waals surface area contributed by atoms with Crippen LogP contribution >= 0.6 is 0 Å². The van der Waals surface area contributed by atoms with Gasteiger partial charge < -0.3 is 0 Å². The van der Waals surface area contributed by atoms with E-state index in [0.717, 1.165) is 5.56 Å². The lowest BCUT2D eigenvalue weighted by Crippen LogP contribution is -2.22.